The predicted octanol–water partition coefficient (Wildman–Crippen LogP) is 3.38. The minimum atomic E-state index is 0.730. The Morgan fingerprint density at radius 1 is 1.24 bits per heavy atom. The van der Waals surface area contributed by atoms with Crippen molar-refractivity contribution in [1.29, 1.82) is 0 Å². The first-order valence-corrected chi connectivity index (χ1v) is 7.16. The molecule has 0 aromatic heterocycles. The zero-order valence-corrected chi connectivity index (χ0v) is 11.6. The van der Waals surface area contributed by atoms with Crippen molar-refractivity contribution in [3.63, 3.8) is 0 Å². The van der Waals surface area contributed by atoms with Crippen LogP contribution < -0.4 is 5.32 Å². The first-order chi connectivity index (χ1) is 8.24. The highest BCUT2D eigenvalue weighted by molar-refractivity contribution is 4.78. The maximum Gasteiger partial charge on any atom is 0.0591 e. The lowest BCUT2D eigenvalue weighted by Crippen LogP contribution is -2.36. The number of nitrogens with one attached hydrogen (secondary N) is 1. The van der Waals surface area contributed by atoms with Gasteiger partial charge in [0, 0.05) is 12.6 Å². The van der Waals surface area contributed by atoms with E-state index in [0.717, 1.165) is 44.1 Å². The third-order valence-electron chi connectivity index (χ3n) is 3.86. The largest absolute Gasteiger partial charge is 0.380 e. The van der Waals surface area contributed by atoms with Crippen LogP contribution in [0.15, 0.2) is 12.7 Å². The lowest BCUT2D eigenvalue weighted by Gasteiger charge is -2.31. The van der Waals surface area contributed by atoms with E-state index < -0.39 is 0 Å². The molecule has 1 saturated carbocycles. The molecule has 1 aliphatic rings. The van der Waals surface area contributed by atoms with Gasteiger partial charge in [0.05, 0.1) is 13.2 Å². The van der Waals surface area contributed by atoms with Crippen LogP contribution in [0.4, 0.5) is 0 Å². The van der Waals surface area contributed by atoms with Gasteiger partial charge in [-0.3, -0.25) is 0 Å². The van der Waals surface area contributed by atoms with E-state index >= 15 is 0 Å². The Morgan fingerprint density at radius 2 is 1.94 bits per heavy atom. The molecule has 1 rings (SSSR count). The molecule has 0 aromatic carbocycles. The molecular formula is C15H29NO. The Labute approximate surface area is 107 Å². The molecule has 100 valence electrons. The van der Waals surface area contributed by atoms with Crippen molar-refractivity contribution in [2.45, 2.75) is 52.0 Å². The van der Waals surface area contributed by atoms with Crippen LogP contribution in [0.2, 0.25) is 0 Å². The van der Waals surface area contributed by atoms with E-state index in [4.69, 9.17) is 4.74 Å². The van der Waals surface area contributed by atoms with Gasteiger partial charge >= 0.3 is 0 Å². The van der Waals surface area contributed by atoms with Crippen LogP contribution >= 0.6 is 0 Å². The standard InChI is InChI=1S/C15H29NO/c1-4-5-11-17-12-10-16-15-8-6-14(7-9-15)13(2)3/h4,13-16H,1,5-12H2,2-3H3. The summed E-state index contributed by atoms with van der Waals surface area (Å²) in [5.74, 6) is 1.81. The summed E-state index contributed by atoms with van der Waals surface area (Å²) in [7, 11) is 0. The second-order valence-electron chi connectivity index (χ2n) is 5.50. The first-order valence-electron chi connectivity index (χ1n) is 7.16. The molecule has 0 heterocycles. The number of rotatable bonds is 8. The number of ether oxygens (including phenoxy) is 1. The highest BCUT2D eigenvalue weighted by atomic mass is 16.5. The molecule has 1 fully saturated rings. The van der Waals surface area contributed by atoms with Crippen molar-refractivity contribution in [3.05, 3.63) is 12.7 Å². The molecule has 0 amide bonds. The molecule has 0 radical (unpaired) electrons. The zero-order chi connectivity index (χ0) is 12.5. The molecule has 0 aromatic rings. The topological polar surface area (TPSA) is 21.3 Å². The Kier molecular flexibility index (Phi) is 7.54. The summed E-state index contributed by atoms with van der Waals surface area (Å²) in [4.78, 5) is 0. The van der Waals surface area contributed by atoms with Crippen molar-refractivity contribution in [2.24, 2.45) is 11.8 Å². The van der Waals surface area contributed by atoms with Crippen molar-refractivity contribution in [1.82, 2.24) is 5.32 Å². The van der Waals surface area contributed by atoms with E-state index in [-0.39, 0.29) is 0 Å². The fourth-order valence-electron chi connectivity index (χ4n) is 2.59. The fourth-order valence-corrected chi connectivity index (χ4v) is 2.59. The number of hydrogen-bond donors (Lipinski definition) is 1. The van der Waals surface area contributed by atoms with E-state index in [1.54, 1.807) is 0 Å². The maximum absolute atomic E-state index is 5.49. The Hall–Kier alpha value is -0.340. The Balaban J connectivity index is 1.97. The summed E-state index contributed by atoms with van der Waals surface area (Å²) in [6.07, 6.45) is 8.34. The molecule has 0 unspecified atom stereocenters. The third kappa shape index (κ3) is 6.23. The predicted molar refractivity (Wildman–Crippen MR) is 74.2 cm³/mol. The van der Waals surface area contributed by atoms with Crippen molar-refractivity contribution >= 4 is 0 Å². The fraction of sp³-hybridized carbons (Fsp3) is 0.867. The van der Waals surface area contributed by atoms with Crippen LogP contribution in [0, 0.1) is 11.8 Å². The normalized spacial score (nSPS) is 25.1. The molecule has 17 heavy (non-hydrogen) atoms. The van der Waals surface area contributed by atoms with Crippen molar-refractivity contribution in [3.8, 4) is 0 Å². The summed E-state index contributed by atoms with van der Waals surface area (Å²) in [6, 6.07) is 0.730. The van der Waals surface area contributed by atoms with Crippen molar-refractivity contribution in [2.75, 3.05) is 19.8 Å². The molecule has 0 aliphatic heterocycles. The van der Waals surface area contributed by atoms with E-state index in [1.165, 1.54) is 25.7 Å². The van der Waals surface area contributed by atoms with Crippen LogP contribution in [0.3, 0.4) is 0 Å². The molecule has 0 spiro atoms. The van der Waals surface area contributed by atoms with E-state index in [1.807, 2.05) is 6.08 Å². The molecule has 1 aliphatic carbocycles. The van der Waals surface area contributed by atoms with E-state index in [0.29, 0.717) is 0 Å². The van der Waals surface area contributed by atoms with Crippen LogP contribution in [-0.4, -0.2) is 25.8 Å². The van der Waals surface area contributed by atoms with Gasteiger partial charge in [-0.1, -0.05) is 19.9 Å². The van der Waals surface area contributed by atoms with Crippen LogP contribution in [-0.2, 0) is 4.74 Å². The van der Waals surface area contributed by atoms with Gasteiger partial charge in [0.15, 0.2) is 0 Å². The van der Waals surface area contributed by atoms with E-state index in [2.05, 4.69) is 25.7 Å². The number of hydrogen-bond acceptors (Lipinski definition) is 2. The average molecular weight is 239 g/mol. The van der Waals surface area contributed by atoms with Gasteiger partial charge in [0.1, 0.15) is 0 Å². The van der Waals surface area contributed by atoms with Gasteiger partial charge in [-0.05, 0) is 43.9 Å². The summed E-state index contributed by atoms with van der Waals surface area (Å²) in [6.45, 7) is 11.0. The average Bonchev–Trinajstić information content (AvgIpc) is 2.34. The quantitative estimate of drug-likeness (QED) is 0.518. The summed E-state index contributed by atoms with van der Waals surface area (Å²) in [5.41, 5.74) is 0. The second kappa shape index (κ2) is 8.71. The molecule has 1 N–H and O–H groups in total. The van der Waals surface area contributed by atoms with Crippen LogP contribution in [0.25, 0.3) is 0 Å². The first kappa shape index (κ1) is 14.7. The monoisotopic (exact) mass is 239 g/mol. The summed E-state index contributed by atoms with van der Waals surface area (Å²) in [5, 5.41) is 3.61. The third-order valence-corrected chi connectivity index (χ3v) is 3.86. The second-order valence-corrected chi connectivity index (χ2v) is 5.50. The van der Waals surface area contributed by atoms with E-state index in [9.17, 15) is 0 Å². The zero-order valence-electron chi connectivity index (χ0n) is 11.6. The highest BCUT2D eigenvalue weighted by Crippen LogP contribution is 2.29. The molecule has 0 saturated heterocycles. The van der Waals surface area contributed by atoms with Gasteiger partial charge in [-0.25, -0.2) is 0 Å². The SMILES string of the molecule is C=CCCOCCNC1CCC(C(C)C)CC1. The minimum Gasteiger partial charge on any atom is -0.380 e. The Morgan fingerprint density at radius 3 is 2.53 bits per heavy atom. The molecule has 0 bridgehead atoms. The molecular weight excluding hydrogens is 210 g/mol. The Bertz CT molecular complexity index is 195. The lowest BCUT2D eigenvalue weighted by molar-refractivity contribution is 0.134. The van der Waals surface area contributed by atoms with Gasteiger partial charge in [0.2, 0.25) is 0 Å². The van der Waals surface area contributed by atoms with Gasteiger partial charge in [-0.2, -0.15) is 0 Å². The smallest absolute Gasteiger partial charge is 0.0591 e. The molecule has 2 nitrogen and oxygen atoms in total. The van der Waals surface area contributed by atoms with Gasteiger partial charge in [-0.15, -0.1) is 6.58 Å². The minimum absolute atomic E-state index is 0.730. The van der Waals surface area contributed by atoms with Crippen molar-refractivity contribution < 1.29 is 4.74 Å². The summed E-state index contributed by atoms with van der Waals surface area (Å²) < 4.78 is 5.49. The molecule has 0 atom stereocenters. The van der Waals surface area contributed by atoms with Gasteiger partial charge < -0.3 is 10.1 Å². The maximum atomic E-state index is 5.49. The highest BCUT2D eigenvalue weighted by Gasteiger charge is 2.22. The van der Waals surface area contributed by atoms with Crippen LogP contribution in [0.1, 0.15) is 46.0 Å². The van der Waals surface area contributed by atoms with Crippen LogP contribution in [0.5, 0.6) is 0 Å². The summed E-state index contributed by atoms with van der Waals surface area (Å²) >= 11 is 0. The molecule has 2 heteroatoms. The lowest BCUT2D eigenvalue weighted by atomic mass is 9.80. The van der Waals surface area contributed by atoms with Gasteiger partial charge in [0.25, 0.3) is 0 Å².